The van der Waals surface area contributed by atoms with Crippen LogP contribution < -0.4 is 15.9 Å². The fourth-order valence-corrected chi connectivity index (χ4v) is 4.11. The molecular weight excluding hydrogens is 366 g/mol. The Kier molecular flexibility index (Phi) is 4.44. The zero-order valence-electron chi connectivity index (χ0n) is 16.7. The first kappa shape index (κ1) is 18.1. The van der Waals surface area contributed by atoms with Crippen LogP contribution in [0.2, 0.25) is 0 Å². The van der Waals surface area contributed by atoms with Crippen LogP contribution >= 0.6 is 0 Å². The molecule has 0 spiro atoms. The molecule has 0 radical (unpaired) electrons. The van der Waals surface area contributed by atoms with Crippen LogP contribution in [0.15, 0.2) is 53.3 Å². The number of hydrogen-bond acceptors (Lipinski definition) is 7. The van der Waals surface area contributed by atoms with E-state index in [-0.39, 0.29) is 11.6 Å². The largest absolute Gasteiger partial charge is 0.353 e. The maximum absolute atomic E-state index is 12.8. The molecule has 8 heteroatoms. The van der Waals surface area contributed by atoms with Crippen LogP contribution in [0.5, 0.6) is 0 Å². The lowest BCUT2D eigenvalue weighted by Gasteiger charge is -2.34. The first-order chi connectivity index (χ1) is 14.1. The third kappa shape index (κ3) is 3.34. The summed E-state index contributed by atoms with van der Waals surface area (Å²) in [5, 5.41) is 1.94. The van der Waals surface area contributed by atoms with Gasteiger partial charge in [-0.05, 0) is 18.2 Å². The Hall–Kier alpha value is -2.97. The fourth-order valence-electron chi connectivity index (χ4n) is 4.11. The first-order valence-electron chi connectivity index (χ1n) is 10.1. The van der Waals surface area contributed by atoms with E-state index in [1.54, 1.807) is 16.7 Å². The van der Waals surface area contributed by atoms with Gasteiger partial charge in [0.05, 0.1) is 24.1 Å². The standard InChI is InChI=1S/C21H25N7O/c1-3-26-6-8-27(9-7-26)20-14-28-19(12-22-20)23-18(11-21(28)29)15-4-5-17-16(10-15)13-25(2)24-17/h4-5,10-14,17,24H,3,6-9H2,1-2H3. The summed E-state index contributed by atoms with van der Waals surface area (Å²) < 4.78 is 1.60. The lowest BCUT2D eigenvalue weighted by molar-refractivity contribution is 0.270. The van der Waals surface area contributed by atoms with Crippen molar-refractivity contribution in [3.05, 3.63) is 64.5 Å². The minimum absolute atomic E-state index is 0.0899. The van der Waals surface area contributed by atoms with Gasteiger partial charge in [-0.2, -0.15) is 0 Å². The van der Waals surface area contributed by atoms with E-state index < -0.39 is 0 Å². The van der Waals surface area contributed by atoms with E-state index in [0.29, 0.717) is 11.3 Å². The molecule has 8 nitrogen and oxygen atoms in total. The molecule has 29 heavy (non-hydrogen) atoms. The lowest BCUT2D eigenvalue weighted by atomic mass is 9.97. The van der Waals surface area contributed by atoms with Gasteiger partial charge in [-0.25, -0.2) is 15.4 Å². The van der Waals surface area contributed by atoms with Crippen molar-refractivity contribution in [3.63, 3.8) is 0 Å². The van der Waals surface area contributed by atoms with Crippen LogP contribution in [0, 0.1) is 0 Å². The van der Waals surface area contributed by atoms with Crippen molar-refractivity contribution >= 4 is 17.0 Å². The van der Waals surface area contributed by atoms with Crippen molar-refractivity contribution in [2.45, 2.75) is 13.0 Å². The summed E-state index contributed by atoms with van der Waals surface area (Å²) in [4.78, 5) is 26.8. The van der Waals surface area contributed by atoms with Gasteiger partial charge in [0.15, 0.2) is 5.65 Å². The van der Waals surface area contributed by atoms with Gasteiger partial charge in [-0.3, -0.25) is 9.20 Å². The number of piperazine rings is 1. The molecule has 1 unspecified atom stereocenters. The molecule has 2 aliphatic heterocycles. The predicted octanol–water partition coefficient (Wildman–Crippen LogP) is 0.887. The number of rotatable bonds is 3. The number of hydrogen-bond donors (Lipinski definition) is 1. The Morgan fingerprint density at radius 1 is 1.24 bits per heavy atom. The van der Waals surface area contributed by atoms with Crippen LogP contribution in [0.3, 0.4) is 0 Å². The highest BCUT2D eigenvalue weighted by Gasteiger charge is 2.22. The van der Waals surface area contributed by atoms with Crippen molar-refractivity contribution in [1.82, 2.24) is 29.7 Å². The maximum Gasteiger partial charge on any atom is 0.258 e. The maximum atomic E-state index is 12.8. The molecule has 0 aromatic carbocycles. The highest BCUT2D eigenvalue weighted by Crippen LogP contribution is 2.26. The Morgan fingerprint density at radius 3 is 2.86 bits per heavy atom. The minimum atomic E-state index is -0.0899. The SMILES string of the molecule is CCN1CCN(c2cn3c(=O)cc(C4=CC5=CN(C)NC5C=C4)nc3cn2)CC1. The van der Waals surface area contributed by atoms with Gasteiger partial charge < -0.3 is 14.8 Å². The number of fused-ring (bicyclic) bond motifs is 2. The highest BCUT2D eigenvalue weighted by molar-refractivity contribution is 5.77. The van der Waals surface area contributed by atoms with E-state index in [4.69, 9.17) is 4.98 Å². The number of nitrogens with zero attached hydrogens (tertiary/aromatic N) is 6. The third-order valence-electron chi connectivity index (χ3n) is 5.81. The number of aromatic nitrogens is 3. The van der Waals surface area contributed by atoms with Crippen molar-refractivity contribution in [2.24, 2.45) is 0 Å². The van der Waals surface area contributed by atoms with E-state index in [9.17, 15) is 4.79 Å². The van der Waals surface area contributed by atoms with E-state index >= 15 is 0 Å². The molecule has 0 bridgehead atoms. The van der Waals surface area contributed by atoms with Gasteiger partial charge in [-0.15, -0.1) is 0 Å². The topological polar surface area (TPSA) is 69.0 Å². The zero-order chi connectivity index (χ0) is 20.0. The summed E-state index contributed by atoms with van der Waals surface area (Å²) in [6.45, 7) is 7.13. The van der Waals surface area contributed by atoms with Crippen LogP contribution in [0.4, 0.5) is 5.82 Å². The molecule has 2 aromatic heterocycles. The average molecular weight is 391 g/mol. The number of likely N-dealkylation sites (N-methyl/N-ethyl adjacent to an activating group) is 1. The third-order valence-corrected chi connectivity index (χ3v) is 5.81. The number of anilines is 1. The molecule has 3 aliphatic rings. The molecule has 1 N–H and O–H groups in total. The van der Waals surface area contributed by atoms with Gasteiger partial charge in [0.1, 0.15) is 5.82 Å². The average Bonchev–Trinajstić information content (AvgIpc) is 3.12. The van der Waals surface area contributed by atoms with Crippen LogP contribution in [0.1, 0.15) is 12.6 Å². The molecule has 1 fully saturated rings. The number of hydrazine groups is 1. The Balaban J connectivity index is 1.45. The van der Waals surface area contributed by atoms with Crippen LogP contribution in [0.25, 0.3) is 11.2 Å². The first-order valence-corrected chi connectivity index (χ1v) is 10.1. The van der Waals surface area contributed by atoms with E-state index in [2.05, 4.69) is 39.3 Å². The summed E-state index contributed by atoms with van der Waals surface area (Å²) in [6.07, 6.45) is 11.7. The van der Waals surface area contributed by atoms with E-state index in [0.717, 1.165) is 49.7 Å². The molecule has 150 valence electrons. The van der Waals surface area contributed by atoms with Crippen molar-refractivity contribution in [2.75, 3.05) is 44.7 Å². The highest BCUT2D eigenvalue weighted by atomic mass is 16.1. The second-order valence-corrected chi connectivity index (χ2v) is 7.68. The molecule has 1 saturated heterocycles. The summed E-state index contributed by atoms with van der Waals surface area (Å²) in [5.41, 5.74) is 6.56. The summed E-state index contributed by atoms with van der Waals surface area (Å²) >= 11 is 0. The molecule has 1 aliphatic carbocycles. The summed E-state index contributed by atoms with van der Waals surface area (Å²) in [7, 11) is 1.97. The number of nitrogens with one attached hydrogen (secondary N) is 1. The zero-order valence-corrected chi connectivity index (χ0v) is 16.7. The van der Waals surface area contributed by atoms with Crippen molar-refractivity contribution in [1.29, 1.82) is 0 Å². The molecular formula is C21H25N7O. The molecule has 5 rings (SSSR count). The molecule has 4 heterocycles. The molecule has 0 amide bonds. The Morgan fingerprint density at radius 2 is 2.07 bits per heavy atom. The van der Waals surface area contributed by atoms with Gasteiger partial charge in [0.2, 0.25) is 0 Å². The quantitative estimate of drug-likeness (QED) is 0.833. The summed E-state index contributed by atoms with van der Waals surface area (Å²) in [6, 6.07) is 1.79. The Bertz CT molecular complexity index is 1090. The van der Waals surface area contributed by atoms with Gasteiger partial charge in [-0.1, -0.05) is 19.1 Å². The molecule has 0 saturated carbocycles. The van der Waals surface area contributed by atoms with Crippen molar-refractivity contribution in [3.8, 4) is 0 Å². The predicted molar refractivity (Wildman–Crippen MR) is 113 cm³/mol. The van der Waals surface area contributed by atoms with Crippen molar-refractivity contribution < 1.29 is 0 Å². The Labute approximate surface area is 169 Å². The minimum Gasteiger partial charge on any atom is -0.353 e. The van der Waals surface area contributed by atoms with Crippen LogP contribution in [-0.4, -0.2) is 70.1 Å². The van der Waals surface area contributed by atoms with Gasteiger partial charge in [0.25, 0.3) is 5.56 Å². The molecule has 1 atom stereocenters. The molecule has 2 aromatic rings. The number of allylic oxidation sites excluding steroid dienone is 2. The van der Waals surface area contributed by atoms with Crippen LogP contribution in [-0.2, 0) is 0 Å². The van der Waals surface area contributed by atoms with Gasteiger partial charge >= 0.3 is 0 Å². The summed E-state index contributed by atoms with van der Waals surface area (Å²) in [5.74, 6) is 0.828. The monoisotopic (exact) mass is 391 g/mol. The van der Waals surface area contributed by atoms with Gasteiger partial charge in [0, 0.05) is 51.1 Å². The normalized spacial score (nSPS) is 22.1. The lowest BCUT2D eigenvalue weighted by Crippen LogP contribution is -2.46. The van der Waals surface area contributed by atoms with E-state index in [1.807, 2.05) is 30.5 Å². The van der Waals surface area contributed by atoms with E-state index in [1.165, 1.54) is 0 Å². The fraction of sp³-hybridized carbons (Fsp3) is 0.381. The second kappa shape index (κ2) is 7.13. The smallest absolute Gasteiger partial charge is 0.258 e. The second-order valence-electron chi connectivity index (χ2n) is 7.68.